The van der Waals surface area contributed by atoms with Crippen molar-refractivity contribution in [3.05, 3.63) is 30.1 Å². The number of amides is 2. The Morgan fingerprint density at radius 2 is 2.04 bits per heavy atom. The molecule has 1 aliphatic carbocycles. The molecule has 2 heterocycles. The molecule has 0 radical (unpaired) electrons. The molecule has 0 aromatic carbocycles. The lowest BCUT2D eigenvalue weighted by molar-refractivity contribution is 0.0626. The number of alkyl carbamates (subject to hydrolysis) is 1. The Bertz CT molecular complexity index is 839. The van der Waals surface area contributed by atoms with E-state index in [1.54, 1.807) is 10.7 Å². The first kappa shape index (κ1) is 19.0. The second kappa shape index (κ2) is 7.46. The van der Waals surface area contributed by atoms with Crippen molar-refractivity contribution in [1.82, 2.24) is 14.9 Å². The third-order valence-electron chi connectivity index (χ3n) is 4.60. The summed E-state index contributed by atoms with van der Waals surface area (Å²) in [6.07, 6.45) is 6.16. The molecule has 0 spiro atoms. The number of carbonyl (C=O) groups is 2. The maximum Gasteiger partial charge on any atom is 0.407 e. The largest absolute Gasteiger partial charge is 0.444 e. The zero-order valence-corrected chi connectivity index (χ0v) is 16.0. The van der Waals surface area contributed by atoms with E-state index in [0.29, 0.717) is 11.3 Å². The molecule has 1 aliphatic rings. The lowest BCUT2D eigenvalue weighted by Gasteiger charge is -2.33. The summed E-state index contributed by atoms with van der Waals surface area (Å²) in [5.74, 6) is -0.549. The minimum absolute atomic E-state index is 0.108. The number of hydrogen-bond acceptors (Lipinski definition) is 5. The first-order valence-electron chi connectivity index (χ1n) is 9.26. The number of hydrogen-bond donors (Lipinski definition) is 3. The molecule has 0 aliphatic heterocycles. The van der Waals surface area contributed by atoms with E-state index in [9.17, 15) is 9.59 Å². The molecule has 2 atom stereocenters. The van der Waals surface area contributed by atoms with E-state index >= 15 is 0 Å². The number of nitrogens with one attached hydrogen (secondary N) is 2. The van der Waals surface area contributed by atoms with Crippen LogP contribution in [0.5, 0.6) is 0 Å². The van der Waals surface area contributed by atoms with Crippen LogP contribution in [-0.2, 0) is 4.74 Å². The number of nitrogens with two attached hydrogens (primary N) is 1. The molecule has 2 amide bonds. The van der Waals surface area contributed by atoms with Gasteiger partial charge in [-0.3, -0.25) is 4.79 Å². The van der Waals surface area contributed by atoms with Gasteiger partial charge in [-0.25, -0.2) is 9.31 Å². The summed E-state index contributed by atoms with van der Waals surface area (Å²) < 4.78 is 7.38. The minimum atomic E-state index is -0.549. The third-order valence-corrected chi connectivity index (χ3v) is 4.60. The standard InChI is InChI=1S/C19H27N5O3/c1-19(2,3)23-18(26)27-15-9-5-4-7-13(15)22-16-12(17(20)25)11-21-24-10-6-8-14(16)24/h6,8,10-11,13,15,22H,4-5,7,9H2,1-3H3,(H2,20,25)(H,23,26)/t13-,15-/m1/s1. The van der Waals surface area contributed by atoms with Gasteiger partial charge < -0.3 is 21.1 Å². The lowest BCUT2D eigenvalue weighted by Crippen LogP contribution is -2.46. The van der Waals surface area contributed by atoms with Crippen LogP contribution < -0.4 is 16.4 Å². The summed E-state index contributed by atoms with van der Waals surface area (Å²) in [6.45, 7) is 5.72. The Morgan fingerprint density at radius 1 is 1.30 bits per heavy atom. The van der Waals surface area contributed by atoms with Crippen LogP contribution in [0.2, 0.25) is 0 Å². The van der Waals surface area contributed by atoms with Gasteiger partial charge in [0.05, 0.1) is 29.0 Å². The van der Waals surface area contributed by atoms with Crippen LogP contribution in [0.25, 0.3) is 5.52 Å². The van der Waals surface area contributed by atoms with Crippen LogP contribution in [0.15, 0.2) is 24.5 Å². The SMILES string of the molecule is CC(C)(C)NC(=O)O[C@@H]1CCCC[C@H]1Nc1c(C(N)=O)cnn2cccc12. The second-order valence-corrected chi connectivity index (χ2v) is 7.99. The van der Waals surface area contributed by atoms with Crippen LogP contribution in [0.4, 0.5) is 10.5 Å². The van der Waals surface area contributed by atoms with Crippen LogP contribution in [0.1, 0.15) is 56.8 Å². The molecule has 3 rings (SSSR count). The summed E-state index contributed by atoms with van der Waals surface area (Å²) in [5.41, 5.74) is 6.88. The molecule has 1 fully saturated rings. The molecule has 27 heavy (non-hydrogen) atoms. The third kappa shape index (κ3) is 4.50. The van der Waals surface area contributed by atoms with Gasteiger partial charge in [0.15, 0.2) is 0 Å². The monoisotopic (exact) mass is 373 g/mol. The Labute approximate surface area is 158 Å². The molecular weight excluding hydrogens is 346 g/mol. The number of primary amides is 1. The summed E-state index contributed by atoms with van der Waals surface area (Å²) in [5, 5.41) is 10.4. The molecule has 4 N–H and O–H groups in total. The van der Waals surface area contributed by atoms with E-state index in [0.717, 1.165) is 31.2 Å². The smallest absolute Gasteiger partial charge is 0.407 e. The number of nitrogens with zero attached hydrogens (tertiary/aromatic N) is 2. The average Bonchev–Trinajstić information content (AvgIpc) is 3.03. The molecule has 8 heteroatoms. The Kier molecular flexibility index (Phi) is 5.25. The lowest BCUT2D eigenvalue weighted by atomic mass is 9.92. The Balaban J connectivity index is 1.83. The maximum atomic E-state index is 12.2. The van der Waals surface area contributed by atoms with Crippen molar-refractivity contribution >= 4 is 23.2 Å². The van der Waals surface area contributed by atoms with Crippen molar-refractivity contribution in [2.45, 2.75) is 64.1 Å². The van der Waals surface area contributed by atoms with Crippen LogP contribution in [-0.4, -0.2) is 39.3 Å². The van der Waals surface area contributed by atoms with Gasteiger partial charge in [0.25, 0.3) is 5.91 Å². The normalized spacial score (nSPS) is 20.3. The average molecular weight is 373 g/mol. The molecule has 2 aromatic rings. The van der Waals surface area contributed by atoms with Gasteiger partial charge in [-0.05, 0) is 52.2 Å². The number of rotatable bonds is 4. The fraction of sp³-hybridized carbons (Fsp3) is 0.526. The molecule has 2 aromatic heterocycles. The van der Waals surface area contributed by atoms with Gasteiger partial charge in [0.2, 0.25) is 0 Å². The van der Waals surface area contributed by atoms with E-state index in [1.807, 2.05) is 32.9 Å². The van der Waals surface area contributed by atoms with Crippen molar-refractivity contribution in [2.24, 2.45) is 5.73 Å². The highest BCUT2D eigenvalue weighted by molar-refractivity contribution is 6.01. The number of ether oxygens (including phenoxy) is 1. The second-order valence-electron chi connectivity index (χ2n) is 7.99. The first-order chi connectivity index (χ1) is 12.7. The summed E-state index contributed by atoms with van der Waals surface area (Å²) >= 11 is 0. The fourth-order valence-electron chi connectivity index (χ4n) is 3.39. The Hall–Kier alpha value is -2.77. The van der Waals surface area contributed by atoms with Crippen molar-refractivity contribution in [3.8, 4) is 0 Å². The van der Waals surface area contributed by atoms with Crippen molar-refractivity contribution in [2.75, 3.05) is 5.32 Å². The van der Waals surface area contributed by atoms with Crippen LogP contribution in [0.3, 0.4) is 0 Å². The number of anilines is 1. The summed E-state index contributed by atoms with van der Waals surface area (Å²) in [7, 11) is 0. The summed E-state index contributed by atoms with van der Waals surface area (Å²) in [4.78, 5) is 24.1. The summed E-state index contributed by atoms with van der Waals surface area (Å²) in [6, 6.07) is 3.61. The van der Waals surface area contributed by atoms with Gasteiger partial charge in [0.1, 0.15) is 6.10 Å². The van der Waals surface area contributed by atoms with Gasteiger partial charge in [-0.1, -0.05) is 6.42 Å². The number of fused-ring (bicyclic) bond motifs is 1. The predicted octanol–water partition coefficient (Wildman–Crippen LogP) is 2.68. The predicted molar refractivity (Wildman–Crippen MR) is 103 cm³/mol. The Morgan fingerprint density at radius 3 is 2.74 bits per heavy atom. The van der Waals surface area contributed by atoms with E-state index in [2.05, 4.69) is 15.7 Å². The first-order valence-corrected chi connectivity index (χ1v) is 9.26. The zero-order valence-electron chi connectivity index (χ0n) is 16.0. The number of carbonyl (C=O) groups excluding carboxylic acids is 2. The van der Waals surface area contributed by atoms with Gasteiger partial charge >= 0.3 is 6.09 Å². The van der Waals surface area contributed by atoms with Crippen molar-refractivity contribution < 1.29 is 14.3 Å². The highest BCUT2D eigenvalue weighted by Crippen LogP contribution is 2.29. The molecule has 0 bridgehead atoms. The molecule has 8 nitrogen and oxygen atoms in total. The highest BCUT2D eigenvalue weighted by Gasteiger charge is 2.30. The molecule has 146 valence electrons. The van der Waals surface area contributed by atoms with Crippen LogP contribution >= 0.6 is 0 Å². The molecule has 1 saturated carbocycles. The van der Waals surface area contributed by atoms with Gasteiger partial charge in [-0.2, -0.15) is 5.10 Å². The van der Waals surface area contributed by atoms with Gasteiger partial charge in [-0.15, -0.1) is 0 Å². The van der Waals surface area contributed by atoms with E-state index in [4.69, 9.17) is 10.5 Å². The maximum absolute atomic E-state index is 12.2. The van der Waals surface area contributed by atoms with E-state index < -0.39 is 12.0 Å². The molecular formula is C19H27N5O3. The fourth-order valence-corrected chi connectivity index (χ4v) is 3.39. The van der Waals surface area contributed by atoms with Crippen molar-refractivity contribution in [3.63, 3.8) is 0 Å². The quantitative estimate of drug-likeness (QED) is 0.763. The number of aromatic nitrogens is 2. The van der Waals surface area contributed by atoms with Gasteiger partial charge in [0, 0.05) is 11.7 Å². The van der Waals surface area contributed by atoms with E-state index in [-0.39, 0.29) is 17.7 Å². The highest BCUT2D eigenvalue weighted by atomic mass is 16.6. The minimum Gasteiger partial charge on any atom is -0.444 e. The van der Waals surface area contributed by atoms with E-state index in [1.165, 1.54) is 6.20 Å². The molecule has 0 saturated heterocycles. The zero-order chi connectivity index (χ0) is 19.6. The molecule has 0 unspecified atom stereocenters. The topological polar surface area (TPSA) is 111 Å². The van der Waals surface area contributed by atoms with Crippen LogP contribution in [0, 0.1) is 0 Å². The van der Waals surface area contributed by atoms with Crippen molar-refractivity contribution in [1.29, 1.82) is 0 Å².